The highest BCUT2D eigenvalue weighted by Crippen LogP contribution is 2.66. The number of hydrogen-bond acceptors (Lipinski definition) is 12. The Morgan fingerprint density at radius 2 is 1.81 bits per heavy atom. The largest absolute Gasteiger partial charge is 0.490 e. The molecule has 1 aliphatic heterocycles. The van der Waals surface area contributed by atoms with Crippen LogP contribution in [0.3, 0.4) is 0 Å². The number of phosphoric ester groups is 1. The Hall–Kier alpha value is -0.740. The third-order valence-corrected chi connectivity index (χ3v) is 8.32. The summed E-state index contributed by atoms with van der Waals surface area (Å²) in [5.41, 5.74) is 5.82. The summed E-state index contributed by atoms with van der Waals surface area (Å²) < 4.78 is 52.3. The van der Waals surface area contributed by atoms with E-state index >= 15 is 0 Å². The molecule has 7 N–H and O–H groups in total. The summed E-state index contributed by atoms with van der Waals surface area (Å²) in [7, 11) is -16.7. The Bertz CT molecular complexity index is 1160. The van der Waals surface area contributed by atoms with Gasteiger partial charge in [-0.1, -0.05) is 11.6 Å². The van der Waals surface area contributed by atoms with Crippen molar-refractivity contribution in [2.75, 3.05) is 12.3 Å². The van der Waals surface area contributed by atoms with E-state index < -0.39 is 53.9 Å². The fourth-order valence-electron chi connectivity index (χ4n) is 2.62. The predicted molar refractivity (Wildman–Crippen MR) is 104 cm³/mol. The number of nitrogens with zero attached hydrogens (tertiary/aromatic N) is 4. The van der Waals surface area contributed by atoms with E-state index in [4.69, 9.17) is 48.4 Å². The molecule has 0 amide bonds. The molecule has 6 atom stereocenters. The van der Waals surface area contributed by atoms with Crippen molar-refractivity contribution < 1.29 is 56.3 Å². The molecule has 0 bridgehead atoms. The topological polar surface area (TPSA) is 259 Å². The number of nitrogens with two attached hydrogens (primary N) is 1. The van der Waals surface area contributed by atoms with Gasteiger partial charge in [0.1, 0.15) is 23.1 Å². The van der Waals surface area contributed by atoms with Crippen LogP contribution in [0.25, 0.3) is 11.2 Å². The van der Waals surface area contributed by atoms with Crippen LogP contribution in [0.1, 0.15) is 6.23 Å². The second-order valence-corrected chi connectivity index (χ2v) is 11.4. The summed E-state index contributed by atoms with van der Waals surface area (Å²) in [5, 5.41) is 9.07. The van der Waals surface area contributed by atoms with Crippen LogP contribution in [0, 0.1) is 0 Å². The van der Waals surface area contributed by atoms with E-state index in [-0.39, 0.29) is 22.3 Å². The Morgan fingerprint density at radius 1 is 1.16 bits per heavy atom. The van der Waals surface area contributed by atoms with Crippen molar-refractivity contribution in [3.05, 3.63) is 11.5 Å². The molecule has 3 heterocycles. The highest BCUT2D eigenvalue weighted by Gasteiger charge is 2.47. The third-order valence-electron chi connectivity index (χ3n) is 3.78. The third kappa shape index (κ3) is 6.03. The van der Waals surface area contributed by atoms with Crippen molar-refractivity contribution in [2.24, 2.45) is 0 Å². The lowest BCUT2D eigenvalue weighted by molar-refractivity contribution is -0.0422. The Labute approximate surface area is 187 Å². The van der Waals surface area contributed by atoms with Gasteiger partial charge in [-0.15, -0.1) is 11.6 Å². The van der Waals surface area contributed by atoms with Gasteiger partial charge >= 0.3 is 23.5 Å². The average Bonchev–Trinajstić information content (AvgIpc) is 3.12. The highest BCUT2D eigenvalue weighted by molar-refractivity contribution is 7.66. The SMILES string of the molecule is Nc1nc(Cl)c2ncn(C3OC(COP(=O)(O)OP(=O)(O)OP(=O)(O)O)C(O)C3Cl)c2n1. The molecule has 3 rings (SSSR count). The molecule has 32 heavy (non-hydrogen) atoms. The lowest BCUT2D eigenvalue weighted by Crippen LogP contribution is -2.30. The maximum absolute atomic E-state index is 11.8. The van der Waals surface area contributed by atoms with E-state index in [1.807, 2.05) is 0 Å². The van der Waals surface area contributed by atoms with Gasteiger partial charge in [0.15, 0.2) is 17.0 Å². The summed E-state index contributed by atoms with van der Waals surface area (Å²) in [4.78, 5) is 47.4. The molecular weight excluding hydrogens is 546 g/mol. The number of phosphoric acid groups is 3. The summed E-state index contributed by atoms with van der Waals surface area (Å²) >= 11 is 12.1. The molecule has 17 nitrogen and oxygen atoms in total. The monoisotopic (exact) mass is 559 g/mol. The molecule has 2 aromatic heterocycles. The second kappa shape index (κ2) is 9.13. The van der Waals surface area contributed by atoms with E-state index in [2.05, 4.69) is 28.1 Å². The first kappa shape index (κ1) is 25.9. The lowest BCUT2D eigenvalue weighted by Gasteiger charge is -2.19. The molecule has 1 fully saturated rings. The zero-order chi connectivity index (χ0) is 24.1. The lowest BCUT2D eigenvalue weighted by atomic mass is 10.2. The maximum Gasteiger partial charge on any atom is 0.490 e. The van der Waals surface area contributed by atoms with Crippen LogP contribution in [0.2, 0.25) is 5.15 Å². The Morgan fingerprint density at radius 3 is 2.44 bits per heavy atom. The smallest absolute Gasteiger partial charge is 0.389 e. The molecule has 0 radical (unpaired) electrons. The number of aromatic nitrogens is 4. The van der Waals surface area contributed by atoms with Crippen molar-refractivity contribution in [2.45, 2.75) is 23.8 Å². The van der Waals surface area contributed by atoms with Gasteiger partial charge in [-0.25, -0.2) is 18.7 Å². The van der Waals surface area contributed by atoms with Crippen LogP contribution in [-0.2, 0) is 31.6 Å². The van der Waals surface area contributed by atoms with E-state index in [0.29, 0.717) is 0 Å². The molecule has 0 saturated carbocycles. The Kier molecular flexibility index (Phi) is 7.38. The standard InChI is InChI=1S/C10H14Cl2N5O12P3/c11-4-6(18)3(1-26-31(22,23)29-32(24,25)28-30(19,20)21)27-9(4)17-2-14-5-7(12)15-10(13)16-8(5)17/h2-4,6,9,18H,1H2,(H,22,23)(H,24,25)(H2,13,15,16)(H2,19,20,21). The highest BCUT2D eigenvalue weighted by atomic mass is 35.5. The first-order valence-corrected chi connectivity index (χ1v) is 13.3. The molecule has 1 saturated heterocycles. The molecule has 22 heteroatoms. The number of nitrogen functional groups attached to an aromatic ring is 1. The summed E-state index contributed by atoms with van der Waals surface area (Å²) in [5.74, 6) is -0.182. The zero-order valence-corrected chi connectivity index (χ0v) is 19.3. The van der Waals surface area contributed by atoms with Gasteiger partial charge in [-0.2, -0.15) is 18.6 Å². The molecule has 1 aliphatic rings. The Balaban J connectivity index is 1.72. The van der Waals surface area contributed by atoms with E-state index in [0.717, 1.165) is 0 Å². The first-order valence-electron chi connectivity index (χ1n) is 8.00. The van der Waals surface area contributed by atoms with Crippen LogP contribution < -0.4 is 5.73 Å². The average molecular weight is 560 g/mol. The van der Waals surface area contributed by atoms with Crippen LogP contribution in [-0.4, -0.2) is 68.4 Å². The zero-order valence-electron chi connectivity index (χ0n) is 15.2. The number of aliphatic hydroxyl groups excluding tert-OH is 1. The number of anilines is 1. The first-order chi connectivity index (χ1) is 14.6. The van der Waals surface area contributed by atoms with E-state index in [9.17, 15) is 23.7 Å². The van der Waals surface area contributed by atoms with Crippen molar-refractivity contribution >= 4 is 63.8 Å². The van der Waals surface area contributed by atoms with Crippen LogP contribution in [0.15, 0.2) is 6.33 Å². The molecule has 2 aromatic rings. The summed E-state index contributed by atoms with van der Waals surface area (Å²) in [6, 6.07) is 0. The number of alkyl halides is 1. The number of imidazole rings is 1. The minimum atomic E-state index is -5.69. The minimum absolute atomic E-state index is 0.0554. The second-order valence-electron chi connectivity index (χ2n) is 6.08. The normalized spacial score (nSPS) is 28.0. The van der Waals surface area contributed by atoms with E-state index in [1.165, 1.54) is 10.9 Å². The van der Waals surface area contributed by atoms with Gasteiger partial charge in [0.2, 0.25) is 5.95 Å². The quantitative estimate of drug-likeness (QED) is 0.144. The summed E-state index contributed by atoms with van der Waals surface area (Å²) in [6.07, 6.45) is -2.79. The molecule has 0 aliphatic carbocycles. The molecule has 0 aromatic carbocycles. The number of hydrogen-bond donors (Lipinski definition) is 6. The minimum Gasteiger partial charge on any atom is -0.389 e. The van der Waals surface area contributed by atoms with Gasteiger partial charge in [0.05, 0.1) is 12.9 Å². The number of halogens is 2. The van der Waals surface area contributed by atoms with Gasteiger partial charge in [0.25, 0.3) is 0 Å². The van der Waals surface area contributed by atoms with E-state index in [1.54, 1.807) is 0 Å². The molecule has 6 unspecified atom stereocenters. The van der Waals surface area contributed by atoms with Crippen molar-refractivity contribution in [1.82, 2.24) is 19.5 Å². The fraction of sp³-hybridized carbons (Fsp3) is 0.500. The number of ether oxygens (including phenoxy) is 1. The van der Waals surface area contributed by atoms with Gasteiger partial charge < -0.3 is 35.2 Å². The maximum atomic E-state index is 11.8. The van der Waals surface area contributed by atoms with Crippen LogP contribution in [0.4, 0.5) is 5.95 Å². The number of aliphatic hydroxyl groups is 1. The van der Waals surface area contributed by atoms with Crippen LogP contribution in [0.5, 0.6) is 0 Å². The van der Waals surface area contributed by atoms with Gasteiger partial charge in [0, 0.05) is 0 Å². The summed E-state index contributed by atoms with van der Waals surface area (Å²) in [6.45, 7) is -0.908. The van der Waals surface area contributed by atoms with Crippen molar-refractivity contribution in [1.29, 1.82) is 0 Å². The number of fused-ring (bicyclic) bond motifs is 1. The van der Waals surface area contributed by atoms with Gasteiger partial charge in [-0.05, 0) is 0 Å². The molecular formula is C10H14Cl2N5O12P3. The molecule has 180 valence electrons. The number of rotatable bonds is 8. The fourth-order valence-corrected chi connectivity index (χ4v) is 6.21. The van der Waals surface area contributed by atoms with Gasteiger partial charge in [-0.3, -0.25) is 9.09 Å². The van der Waals surface area contributed by atoms with Crippen molar-refractivity contribution in [3.8, 4) is 0 Å². The predicted octanol–water partition coefficient (Wildman–Crippen LogP) is 0.271. The van der Waals surface area contributed by atoms with Crippen LogP contribution >= 0.6 is 46.7 Å². The molecule has 0 spiro atoms. The van der Waals surface area contributed by atoms with Crippen molar-refractivity contribution in [3.63, 3.8) is 0 Å².